The first kappa shape index (κ1) is 21.6. The molecule has 10 heteroatoms. The summed E-state index contributed by atoms with van der Waals surface area (Å²) in [6.07, 6.45) is 0. The van der Waals surface area contributed by atoms with Gasteiger partial charge in [0.2, 0.25) is 15.9 Å². The lowest BCUT2D eigenvalue weighted by atomic mass is 10.1. The number of para-hydroxylation sites is 1. The molecule has 0 N–H and O–H groups in total. The second kappa shape index (κ2) is 8.12. The molecule has 4 rings (SSSR count). The summed E-state index contributed by atoms with van der Waals surface area (Å²) in [5.74, 6) is -2.00. The number of anilines is 2. The Morgan fingerprint density at radius 2 is 1.77 bits per heavy atom. The lowest BCUT2D eigenvalue weighted by molar-refractivity contribution is -0.119. The molecular weight excluding hydrogens is 445 g/mol. The van der Waals surface area contributed by atoms with Crippen molar-refractivity contribution < 1.29 is 22.4 Å². The first-order valence-electron chi connectivity index (χ1n) is 9.84. The van der Waals surface area contributed by atoms with Crippen LogP contribution in [0.5, 0.6) is 0 Å². The molecule has 0 spiro atoms. The number of nitrogens with zero attached hydrogens (tertiary/aromatic N) is 3. The highest BCUT2D eigenvalue weighted by Crippen LogP contribution is 2.32. The standard InChI is InChI=1S/C21H21ClFN3O4S/c1-14-13-31(29,30)26(20(14)27)15-6-7-16(17(22)12-15)21(28)25-10-8-24(9-11-25)19-5-3-2-4-18(19)23/h2-7,12,14H,8-11,13H2,1H3/t14-/m1/s1. The summed E-state index contributed by atoms with van der Waals surface area (Å²) in [6.45, 7) is 3.28. The fourth-order valence-electron chi connectivity index (χ4n) is 3.92. The van der Waals surface area contributed by atoms with E-state index in [1.54, 1.807) is 30.0 Å². The second-order valence-corrected chi connectivity index (χ2v) is 9.95. The van der Waals surface area contributed by atoms with Crippen molar-refractivity contribution in [3.63, 3.8) is 0 Å². The molecule has 0 aliphatic carbocycles. The molecule has 0 unspecified atom stereocenters. The topological polar surface area (TPSA) is 78.0 Å². The SMILES string of the molecule is C[C@@H]1CS(=O)(=O)N(c2ccc(C(=O)N3CCN(c4ccccc4F)CC3)c(Cl)c2)C1=O. The lowest BCUT2D eigenvalue weighted by Crippen LogP contribution is -2.49. The van der Waals surface area contributed by atoms with Crippen LogP contribution in [-0.2, 0) is 14.8 Å². The fraction of sp³-hybridized carbons (Fsp3) is 0.333. The Hall–Kier alpha value is -2.65. The Bertz CT molecular complexity index is 1150. The molecule has 7 nitrogen and oxygen atoms in total. The molecule has 2 heterocycles. The van der Waals surface area contributed by atoms with E-state index in [4.69, 9.17) is 11.6 Å². The van der Waals surface area contributed by atoms with Gasteiger partial charge < -0.3 is 9.80 Å². The molecule has 1 atom stereocenters. The maximum absolute atomic E-state index is 14.0. The summed E-state index contributed by atoms with van der Waals surface area (Å²) in [7, 11) is -3.75. The Kier molecular flexibility index (Phi) is 5.65. The zero-order chi connectivity index (χ0) is 22.3. The molecule has 2 saturated heterocycles. The van der Waals surface area contributed by atoms with Crippen LogP contribution in [0.4, 0.5) is 15.8 Å². The summed E-state index contributed by atoms with van der Waals surface area (Å²) in [6, 6.07) is 10.7. The van der Waals surface area contributed by atoms with Crippen molar-refractivity contribution >= 4 is 44.8 Å². The Labute approximate surface area is 185 Å². The van der Waals surface area contributed by atoms with Crippen LogP contribution in [0.3, 0.4) is 0 Å². The molecule has 2 aliphatic rings. The van der Waals surface area contributed by atoms with Gasteiger partial charge in [-0.15, -0.1) is 0 Å². The van der Waals surface area contributed by atoms with E-state index >= 15 is 0 Å². The molecule has 0 saturated carbocycles. The molecule has 2 amide bonds. The van der Waals surface area contributed by atoms with Gasteiger partial charge in [0, 0.05) is 26.2 Å². The minimum absolute atomic E-state index is 0.0709. The van der Waals surface area contributed by atoms with E-state index in [2.05, 4.69) is 0 Å². The molecule has 0 bridgehead atoms. The quantitative estimate of drug-likeness (QED) is 0.696. The van der Waals surface area contributed by atoms with Crippen molar-refractivity contribution in [2.75, 3.05) is 41.1 Å². The third-order valence-electron chi connectivity index (χ3n) is 5.54. The van der Waals surface area contributed by atoms with Crippen LogP contribution in [0.2, 0.25) is 5.02 Å². The van der Waals surface area contributed by atoms with Crippen molar-refractivity contribution in [3.8, 4) is 0 Å². The number of carbonyl (C=O) groups excluding carboxylic acids is 2. The first-order chi connectivity index (χ1) is 14.7. The van der Waals surface area contributed by atoms with Crippen LogP contribution < -0.4 is 9.21 Å². The van der Waals surface area contributed by atoms with Gasteiger partial charge in [-0.25, -0.2) is 17.1 Å². The maximum Gasteiger partial charge on any atom is 0.255 e. The number of amides is 2. The number of sulfonamides is 1. The van der Waals surface area contributed by atoms with E-state index in [0.717, 1.165) is 4.31 Å². The predicted molar refractivity (Wildman–Crippen MR) is 116 cm³/mol. The smallest absolute Gasteiger partial charge is 0.255 e. The minimum atomic E-state index is -3.75. The lowest BCUT2D eigenvalue weighted by Gasteiger charge is -2.36. The van der Waals surface area contributed by atoms with Crippen molar-refractivity contribution in [3.05, 3.63) is 58.9 Å². The maximum atomic E-state index is 14.0. The summed E-state index contributed by atoms with van der Waals surface area (Å²) < 4.78 is 39.3. The third kappa shape index (κ3) is 3.99. The summed E-state index contributed by atoms with van der Waals surface area (Å²) >= 11 is 6.30. The van der Waals surface area contributed by atoms with E-state index in [1.165, 1.54) is 24.3 Å². The Morgan fingerprint density at radius 3 is 2.35 bits per heavy atom. The highest BCUT2D eigenvalue weighted by Gasteiger charge is 2.42. The van der Waals surface area contributed by atoms with Gasteiger partial charge in [0.1, 0.15) is 5.82 Å². The Morgan fingerprint density at radius 1 is 1.10 bits per heavy atom. The Balaban J connectivity index is 1.49. The number of piperazine rings is 1. The van der Waals surface area contributed by atoms with E-state index < -0.39 is 21.8 Å². The summed E-state index contributed by atoms with van der Waals surface area (Å²) in [4.78, 5) is 28.7. The van der Waals surface area contributed by atoms with Crippen LogP contribution in [-0.4, -0.2) is 57.1 Å². The van der Waals surface area contributed by atoms with Crippen molar-refractivity contribution in [1.29, 1.82) is 0 Å². The summed E-state index contributed by atoms with van der Waals surface area (Å²) in [5.41, 5.74) is 0.852. The minimum Gasteiger partial charge on any atom is -0.366 e. The monoisotopic (exact) mass is 465 g/mol. The predicted octanol–water partition coefficient (Wildman–Crippen LogP) is 2.75. The number of hydrogen-bond acceptors (Lipinski definition) is 5. The number of rotatable bonds is 3. The van der Waals surface area contributed by atoms with Crippen molar-refractivity contribution in [2.24, 2.45) is 5.92 Å². The molecule has 2 fully saturated rings. The fourth-order valence-corrected chi connectivity index (χ4v) is 5.99. The average Bonchev–Trinajstić information content (AvgIpc) is 2.94. The van der Waals surface area contributed by atoms with E-state index in [-0.39, 0.29) is 33.8 Å². The van der Waals surface area contributed by atoms with Crippen LogP contribution in [0.1, 0.15) is 17.3 Å². The largest absolute Gasteiger partial charge is 0.366 e. The summed E-state index contributed by atoms with van der Waals surface area (Å²) in [5, 5.41) is 0.0709. The van der Waals surface area contributed by atoms with E-state index in [0.29, 0.717) is 31.9 Å². The number of halogens is 2. The van der Waals surface area contributed by atoms with Crippen molar-refractivity contribution in [1.82, 2.24) is 4.90 Å². The molecule has 2 aromatic rings. The first-order valence-corrected chi connectivity index (χ1v) is 11.8. The van der Waals surface area contributed by atoms with Gasteiger partial charge in [0.15, 0.2) is 0 Å². The van der Waals surface area contributed by atoms with Gasteiger partial charge in [0.25, 0.3) is 5.91 Å². The normalized spacial score (nSPS) is 20.9. The van der Waals surface area contributed by atoms with Crippen LogP contribution in [0.15, 0.2) is 42.5 Å². The molecular formula is C21H21ClFN3O4S. The molecule has 0 aromatic heterocycles. The van der Waals surface area contributed by atoms with Gasteiger partial charge in [-0.2, -0.15) is 0 Å². The van der Waals surface area contributed by atoms with Gasteiger partial charge in [-0.05, 0) is 30.3 Å². The van der Waals surface area contributed by atoms with Crippen LogP contribution in [0, 0.1) is 11.7 Å². The highest BCUT2D eigenvalue weighted by atomic mass is 35.5. The number of carbonyl (C=O) groups is 2. The van der Waals surface area contributed by atoms with Crippen molar-refractivity contribution in [2.45, 2.75) is 6.92 Å². The third-order valence-corrected chi connectivity index (χ3v) is 7.72. The highest BCUT2D eigenvalue weighted by molar-refractivity contribution is 7.94. The van der Waals surface area contributed by atoms with Gasteiger partial charge >= 0.3 is 0 Å². The molecule has 2 aliphatic heterocycles. The number of hydrogen-bond donors (Lipinski definition) is 0. The van der Waals surface area contributed by atoms with Gasteiger partial charge in [-0.1, -0.05) is 30.7 Å². The van der Waals surface area contributed by atoms with Gasteiger partial charge in [0.05, 0.1) is 33.6 Å². The molecule has 2 aromatic carbocycles. The molecule has 31 heavy (non-hydrogen) atoms. The second-order valence-electron chi connectivity index (χ2n) is 7.68. The van der Waals surface area contributed by atoms with Gasteiger partial charge in [-0.3, -0.25) is 9.59 Å². The van der Waals surface area contributed by atoms with Crippen LogP contribution in [0.25, 0.3) is 0 Å². The molecule has 0 radical (unpaired) electrons. The average molecular weight is 466 g/mol. The molecule has 164 valence electrons. The van der Waals surface area contributed by atoms with Crippen LogP contribution >= 0.6 is 11.6 Å². The zero-order valence-electron chi connectivity index (χ0n) is 16.8. The van der Waals surface area contributed by atoms with E-state index in [1.807, 2.05) is 4.90 Å². The zero-order valence-corrected chi connectivity index (χ0v) is 18.4. The van der Waals surface area contributed by atoms with E-state index in [9.17, 15) is 22.4 Å². The number of benzene rings is 2.